The second-order valence-corrected chi connectivity index (χ2v) is 16.1. The number of para-hydroxylation sites is 2. The van der Waals surface area contributed by atoms with E-state index in [0.717, 1.165) is 62.4 Å². The van der Waals surface area contributed by atoms with Crippen molar-refractivity contribution in [3.05, 3.63) is 163 Å². The fourth-order valence-corrected chi connectivity index (χ4v) is 11.9. The molecule has 7 aromatic carbocycles. The number of anilines is 3. The third-order valence-corrected chi connectivity index (χ3v) is 13.6. The number of benzene rings is 7. The Bertz CT molecular complexity index is 2680. The predicted molar refractivity (Wildman–Crippen MR) is 215 cm³/mol. The van der Waals surface area contributed by atoms with Crippen LogP contribution >= 0.6 is 0 Å². The molecule has 1 heterocycles. The Hall–Kier alpha value is -5.60. The Labute approximate surface area is 304 Å². The molecule has 0 amide bonds. The monoisotopic (exact) mass is 669 g/mol. The Morgan fingerprint density at radius 2 is 1.10 bits per heavy atom. The number of hydrogen-bond donors (Lipinski definition) is 0. The van der Waals surface area contributed by atoms with Gasteiger partial charge in [0.1, 0.15) is 11.2 Å². The van der Waals surface area contributed by atoms with Crippen LogP contribution in [0.2, 0.25) is 0 Å². The highest BCUT2D eigenvalue weighted by Crippen LogP contribution is 2.70. The van der Waals surface area contributed by atoms with E-state index in [-0.39, 0.29) is 5.41 Å². The second-order valence-electron chi connectivity index (χ2n) is 16.1. The van der Waals surface area contributed by atoms with Crippen molar-refractivity contribution in [1.82, 2.24) is 0 Å². The van der Waals surface area contributed by atoms with Crippen molar-refractivity contribution in [2.24, 2.45) is 23.7 Å². The molecule has 1 aromatic heterocycles. The first kappa shape index (κ1) is 29.0. The first-order valence-electron chi connectivity index (χ1n) is 19.3. The van der Waals surface area contributed by atoms with Gasteiger partial charge in [-0.15, -0.1) is 0 Å². The second kappa shape index (κ2) is 10.7. The van der Waals surface area contributed by atoms with E-state index in [1.165, 1.54) is 65.4 Å². The molecule has 0 aliphatic heterocycles. The zero-order valence-corrected chi connectivity index (χ0v) is 29.1. The smallest absolute Gasteiger partial charge is 0.143 e. The van der Waals surface area contributed by atoms with E-state index in [2.05, 4.69) is 150 Å². The zero-order chi connectivity index (χ0) is 34.0. The lowest BCUT2D eigenvalue weighted by molar-refractivity contribution is -0.0399. The molecule has 8 aromatic rings. The third-order valence-electron chi connectivity index (χ3n) is 13.6. The summed E-state index contributed by atoms with van der Waals surface area (Å²) in [7, 11) is 0. The van der Waals surface area contributed by atoms with E-state index in [9.17, 15) is 0 Å². The number of fused-ring (bicyclic) bond motifs is 7. The molecule has 0 unspecified atom stereocenters. The molecule has 250 valence electrons. The molecule has 2 nitrogen and oxygen atoms in total. The highest BCUT2D eigenvalue weighted by Gasteiger charge is 2.61. The highest BCUT2D eigenvalue weighted by molar-refractivity contribution is 6.10. The molecular weight excluding hydrogens is 631 g/mol. The van der Waals surface area contributed by atoms with Gasteiger partial charge in [0.15, 0.2) is 0 Å². The summed E-state index contributed by atoms with van der Waals surface area (Å²) in [5.74, 6) is 3.30. The van der Waals surface area contributed by atoms with Gasteiger partial charge in [0, 0.05) is 38.4 Å². The zero-order valence-electron chi connectivity index (χ0n) is 29.1. The van der Waals surface area contributed by atoms with Gasteiger partial charge in [0.05, 0.1) is 11.4 Å². The summed E-state index contributed by atoms with van der Waals surface area (Å²) in [5.41, 5.74) is 14.0. The van der Waals surface area contributed by atoms with Gasteiger partial charge < -0.3 is 9.32 Å². The van der Waals surface area contributed by atoms with Crippen LogP contribution in [0, 0.1) is 23.7 Å². The van der Waals surface area contributed by atoms with E-state index in [0.29, 0.717) is 0 Å². The van der Waals surface area contributed by atoms with Crippen LogP contribution in [0.3, 0.4) is 0 Å². The van der Waals surface area contributed by atoms with Crippen LogP contribution in [0.4, 0.5) is 17.1 Å². The first-order valence-corrected chi connectivity index (χ1v) is 19.3. The maximum atomic E-state index is 6.47. The number of nitrogens with zero attached hydrogens (tertiary/aromatic N) is 1. The minimum absolute atomic E-state index is 0.120. The van der Waals surface area contributed by atoms with Gasteiger partial charge in [-0.2, -0.15) is 0 Å². The molecule has 1 spiro atoms. The molecule has 5 aliphatic carbocycles. The number of furan rings is 1. The molecule has 52 heavy (non-hydrogen) atoms. The highest BCUT2D eigenvalue weighted by atomic mass is 16.3. The molecule has 5 aliphatic rings. The van der Waals surface area contributed by atoms with Crippen molar-refractivity contribution in [2.45, 2.75) is 37.5 Å². The molecule has 0 N–H and O–H groups in total. The van der Waals surface area contributed by atoms with E-state index in [1.54, 1.807) is 11.1 Å². The van der Waals surface area contributed by atoms with E-state index >= 15 is 0 Å². The maximum Gasteiger partial charge on any atom is 0.143 e. The quantitative estimate of drug-likeness (QED) is 0.185. The molecule has 4 bridgehead atoms. The van der Waals surface area contributed by atoms with Crippen molar-refractivity contribution < 1.29 is 4.42 Å². The lowest BCUT2D eigenvalue weighted by Crippen LogP contribution is -2.55. The summed E-state index contributed by atoms with van der Waals surface area (Å²) < 4.78 is 6.47. The van der Waals surface area contributed by atoms with E-state index < -0.39 is 0 Å². The SMILES string of the molecule is c1ccc2c(c1)-c1c(N(c3ccc(-c4cccc5c4oc4ccccc45)cc3)c3cccc4ccccc34)cccc1C21C2CC3CC(C2)CC1C3. The summed E-state index contributed by atoms with van der Waals surface area (Å²) in [6.45, 7) is 0. The van der Waals surface area contributed by atoms with E-state index in [4.69, 9.17) is 4.42 Å². The Morgan fingerprint density at radius 1 is 0.481 bits per heavy atom. The maximum absolute atomic E-state index is 6.47. The van der Waals surface area contributed by atoms with Gasteiger partial charge in [0.2, 0.25) is 0 Å². The average molecular weight is 670 g/mol. The standard InChI is InChI=1S/C50H39NO/c1-2-12-38-33(10-1)11-7-19-45(38)51(37-24-22-34(23-25-37)39-15-8-16-41-40-13-4-6-21-47(40)52-49(39)41)46-20-9-18-44-48(46)42-14-3-5-17-43(42)50(44)35-27-31-26-32(29-35)30-36(50)28-31/h1-25,31-32,35-36H,26-30H2. The van der Waals surface area contributed by atoms with Crippen molar-refractivity contribution in [2.75, 3.05) is 4.90 Å². The molecule has 4 fully saturated rings. The van der Waals surface area contributed by atoms with Gasteiger partial charge in [0.25, 0.3) is 0 Å². The lowest BCUT2D eigenvalue weighted by atomic mass is 9.43. The van der Waals surface area contributed by atoms with Crippen molar-refractivity contribution in [3.8, 4) is 22.3 Å². The molecule has 2 heteroatoms. The average Bonchev–Trinajstić information content (AvgIpc) is 3.72. The first-order chi connectivity index (χ1) is 25.8. The molecule has 13 rings (SSSR count). The molecule has 0 atom stereocenters. The summed E-state index contributed by atoms with van der Waals surface area (Å²) in [6, 6.07) is 56.4. The van der Waals surface area contributed by atoms with Gasteiger partial charge >= 0.3 is 0 Å². The Balaban J connectivity index is 1.08. The summed E-state index contributed by atoms with van der Waals surface area (Å²) in [5, 5.41) is 4.83. The molecule has 0 saturated heterocycles. The van der Waals surface area contributed by atoms with Crippen LogP contribution in [-0.4, -0.2) is 0 Å². The number of hydrogen-bond acceptors (Lipinski definition) is 2. The minimum Gasteiger partial charge on any atom is -0.455 e. The summed E-state index contributed by atoms with van der Waals surface area (Å²) >= 11 is 0. The van der Waals surface area contributed by atoms with Crippen LogP contribution in [0.5, 0.6) is 0 Å². The molecule has 0 radical (unpaired) electrons. The third kappa shape index (κ3) is 3.85. The van der Waals surface area contributed by atoms with E-state index in [1.807, 2.05) is 6.07 Å². The van der Waals surface area contributed by atoms with Crippen molar-refractivity contribution in [1.29, 1.82) is 0 Å². The fourth-order valence-electron chi connectivity index (χ4n) is 11.9. The number of rotatable bonds is 4. The van der Waals surface area contributed by atoms with Crippen LogP contribution in [0.1, 0.15) is 43.2 Å². The van der Waals surface area contributed by atoms with Crippen molar-refractivity contribution >= 4 is 49.8 Å². The summed E-state index contributed by atoms with van der Waals surface area (Å²) in [6.07, 6.45) is 7.01. The molecular formula is C50H39NO. The predicted octanol–water partition coefficient (Wildman–Crippen LogP) is 13.6. The topological polar surface area (TPSA) is 16.4 Å². The Morgan fingerprint density at radius 3 is 1.94 bits per heavy atom. The normalized spacial score (nSPS) is 23.8. The van der Waals surface area contributed by atoms with Crippen molar-refractivity contribution in [3.63, 3.8) is 0 Å². The summed E-state index contributed by atoms with van der Waals surface area (Å²) in [4.78, 5) is 2.55. The van der Waals surface area contributed by atoms with Gasteiger partial charge in [-0.3, -0.25) is 0 Å². The van der Waals surface area contributed by atoms with Gasteiger partial charge in [-0.25, -0.2) is 0 Å². The van der Waals surface area contributed by atoms with Crippen LogP contribution in [0.25, 0.3) is 55.0 Å². The van der Waals surface area contributed by atoms with Gasteiger partial charge in [-0.05, 0) is 114 Å². The molecule has 4 saturated carbocycles. The largest absolute Gasteiger partial charge is 0.455 e. The van der Waals surface area contributed by atoms with Crippen LogP contribution in [-0.2, 0) is 5.41 Å². The van der Waals surface area contributed by atoms with Gasteiger partial charge in [-0.1, -0.05) is 121 Å². The lowest BCUT2D eigenvalue weighted by Gasteiger charge is -2.61. The Kier molecular flexibility index (Phi) is 5.98. The van der Waals surface area contributed by atoms with Crippen LogP contribution in [0.15, 0.2) is 156 Å². The minimum atomic E-state index is 0.120. The van der Waals surface area contributed by atoms with Crippen LogP contribution < -0.4 is 4.90 Å². The fraction of sp³-hybridized carbons (Fsp3) is 0.200.